The summed E-state index contributed by atoms with van der Waals surface area (Å²) in [6, 6.07) is 4.04. The van der Waals surface area contributed by atoms with Crippen LogP contribution in [0.25, 0.3) is 0 Å². The Morgan fingerprint density at radius 3 is 2.18 bits per heavy atom. The normalized spacial score (nSPS) is 10.0. The van der Waals surface area contributed by atoms with Crippen LogP contribution >= 0.6 is 0 Å². The monoisotopic (exact) mass is 234 g/mol. The zero-order valence-corrected chi connectivity index (χ0v) is 11.9. The van der Waals surface area contributed by atoms with Crippen LogP contribution in [0.5, 0.6) is 5.75 Å². The fourth-order valence-corrected chi connectivity index (χ4v) is 1.38. The van der Waals surface area contributed by atoms with Crippen LogP contribution in [-0.4, -0.2) is 12.1 Å². The molecule has 94 valence electrons. The van der Waals surface area contributed by atoms with Crippen LogP contribution in [0.15, 0.2) is 6.07 Å². The molecule has 0 spiro atoms. The molecule has 1 aromatic heterocycles. The van der Waals surface area contributed by atoms with Gasteiger partial charge in [-0.05, 0) is 18.6 Å². The van der Waals surface area contributed by atoms with Crippen LogP contribution in [0.4, 0.5) is 0 Å². The van der Waals surface area contributed by atoms with Crippen molar-refractivity contribution in [1.82, 2.24) is 4.98 Å². The molecular weight excluding hydrogens is 212 g/mol. The predicted molar refractivity (Wildman–Crippen MR) is 70.3 cm³/mol. The van der Waals surface area contributed by atoms with Crippen molar-refractivity contribution in [3.05, 3.63) is 23.0 Å². The predicted octanol–water partition coefficient (Wildman–Crippen LogP) is 3.59. The summed E-state index contributed by atoms with van der Waals surface area (Å²) in [6.45, 7) is 12.1. The number of nitriles is 1. The van der Waals surface area contributed by atoms with Crippen LogP contribution in [0.2, 0.25) is 0 Å². The van der Waals surface area contributed by atoms with Gasteiger partial charge in [-0.15, -0.1) is 0 Å². The summed E-state index contributed by atoms with van der Waals surface area (Å²) in [5, 5.41) is 8.97. The lowest BCUT2D eigenvalue weighted by molar-refractivity contribution is 0.406. The van der Waals surface area contributed by atoms with E-state index in [0.29, 0.717) is 11.4 Å². The quantitative estimate of drug-likeness (QED) is 0.746. The van der Waals surface area contributed by atoms with E-state index in [9.17, 15) is 0 Å². The highest BCUT2D eigenvalue weighted by molar-refractivity contribution is 5.45. The Labute approximate surface area is 104 Å². The van der Waals surface area contributed by atoms with E-state index in [-0.39, 0.29) is 5.41 Å². The van der Waals surface area contributed by atoms with Gasteiger partial charge in [0, 0.05) is 11.1 Å². The average molecular weight is 234 g/mol. The summed E-state index contributed by atoms with van der Waals surface area (Å²) >= 11 is 0. The second-order valence-corrected chi connectivity index (χ2v) is 4.57. The Balaban J connectivity index is 0.00000121. The molecule has 3 nitrogen and oxygen atoms in total. The summed E-state index contributed by atoms with van der Waals surface area (Å²) in [7, 11) is 1.56. The number of rotatable bonds is 1. The first kappa shape index (κ1) is 15.4. The van der Waals surface area contributed by atoms with Gasteiger partial charge in [-0.3, -0.25) is 0 Å². The van der Waals surface area contributed by atoms with E-state index in [0.717, 1.165) is 11.3 Å². The zero-order chi connectivity index (χ0) is 13.6. The number of aryl methyl sites for hydroxylation is 1. The van der Waals surface area contributed by atoms with Crippen molar-refractivity contribution in [2.75, 3.05) is 7.11 Å². The highest BCUT2D eigenvalue weighted by Crippen LogP contribution is 2.27. The first-order valence-electron chi connectivity index (χ1n) is 5.86. The molecule has 0 fully saturated rings. The molecule has 1 rings (SSSR count). The number of ether oxygens (including phenoxy) is 1. The average Bonchev–Trinajstić information content (AvgIpc) is 2.29. The van der Waals surface area contributed by atoms with Gasteiger partial charge in [0.2, 0.25) is 0 Å². The van der Waals surface area contributed by atoms with Crippen LogP contribution < -0.4 is 4.74 Å². The van der Waals surface area contributed by atoms with Gasteiger partial charge in [-0.1, -0.05) is 34.6 Å². The van der Waals surface area contributed by atoms with Crippen molar-refractivity contribution in [2.45, 2.75) is 47.0 Å². The molecule has 0 radical (unpaired) electrons. The fraction of sp³-hybridized carbons (Fsp3) is 0.571. The van der Waals surface area contributed by atoms with Gasteiger partial charge in [-0.25, -0.2) is 4.98 Å². The molecule has 1 heterocycles. The van der Waals surface area contributed by atoms with Gasteiger partial charge in [0.25, 0.3) is 0 Å². The largest absolute Gasteiger partial charge is 0.493 e. The number of aromatic nitrogens is 1. The van der Waals surface area contributed by atoms with Gasteiger partial charge in [-0.2, -0.15) is 5.26 Å². The van der Waals surface area contributed by atoms with Crippen LogP contribution in [-0.2, 0) is 5.41 Å². The molecule has 0 saturated heterocycles. The van der Waals surface area contributed by atoms with Gasteiger partial charge in [0.1, 0.15) is 6.07 Å². The van der Waals surface area contributed by atoms with E-state index in [1.807, 2.05) is 26.8 Å². The standard InChI is InChI=1S/C12H16N2O.C2H6/c1-8-6-10(12(2,3)4)14-9(7-13)11(8)15-5;1-2/h6H,1-5H3;1-2H3. The molecule has 0 bridgehead atoms. The molecule has 0 unspecified atom stereocenters. The van der Waals surface area contributed by atoms with Gasteiger partial charge in [0.05, 0.1) is 7.11 Å². The lowest BCUT2D eigenvalue weighted by atomic mass is 9.90. The number of pyridine rings is 1. The SMILES string of the molecule is CC.COc1c(C)cc(C(C)(C)C)nc1C#N. The summed E-state index contributed by atoms with van der Waals surface area (Å²) < 4.78 is 5.15. The fourth-order valence-electron chi connectivity index (χ4n) is 1.38. The van der Waals surface area contributed by atoms with Gasteiger partial charge < -0.3 is 4.74 Å². The molecule has 0 amide bonds. The smallest absolute Gasteiger partial charge is 0.183 e. The highest BCUT2D eigenvalue weighted by atomic mass is 16.5. The molecule has 17 heavy (non-hydrogen) atoms. The maximum absolute atomic E-state index is 8.97. The van der Waals surface area contributed by atoms with Crippen LogP contribution in [0, 0.1) is 18.3 Å². The summed E-state index contributed by atoms with van der Waals surface area (Å²) in [6.07, 6.45) is 0. The first-order valence-corrected chi connectivity index (χ1v) is 5.86. The molecule has 1 aromatic rings. The van der Waals surface area contributed by atoms with E-state index < -0.39 is 0 Å². The second-order valence-electron chi connectivity index (χ2n) is 4.57. The van der Waals surface area contributed by atoms with Crippen LogP contribution in [0.1, 0.15) is 51.6 Å². The third-order valence-electron chi connectivity index (χ3n) is 2.24. The van der Waals surface area contributed by atoms with E-state index in [4.69, 9.17) is 10.00 Å². The number of methoxy groups -OCH3 is 1. The minimum absolute atomic E-state index is 0.0529. The molecule has 0 aliphatic heterocycles. The van der Waals surface area contributed by atoms with Crippen molar-refractivity contribution in [3.63, 3.8) is 0 Å². The van der Waals surface area contributed by atoms with E-state index in [2.05, 4.69) is 31.8 Å². The highest BCUT2D eigenvalue weighted by Gasteiger charge is 2.19. The minimum Gasteiger partial charge on any atom is -0.493 e. The Morgan fingerprint density at radius 2 is 1.82 bits per heavy atom. The molecule has 3 heteroatoms. The lowest BCUT2D eigenvalue weighted by Gasteiger charge is -2.19. The summed E-state index contributed by atoms with van der Waals surface area (Å²) in [5.41, 5.74) is 2.18. The Hall–Kier alpha value is -1.56. The Morgan fingerprint density at radius 1 is 1.29 bits per heavy atom. The molecule has 0 aromatic carbocycles. The number of nitrogens with zero attached hydrogens (tertiary/aromatic N) is 2. The van der Waals surface area contributed by atoms with Crippen molar-refractivity contribution >= 4 is 0 Å². The summed E-state index contributed by atoms with van der Waals surface area (Å²) in [4.78, 5) is 4.31. The van der Waals surface area contributed by atoms with Crippen molar-refractivity contribution in [2.24, 2.45) is 0 Å². The lowest BCUT2D eigenvalue weighted by Crippen LogP contribution is -2.15. The van der Waals surface area contributed by atoms with Gasteiger partial charge in [0.15, 0.2) is 11.4 Å². The summed E-state index contributed by atoms with van der Waals surface area (Å²) in [5.74, 6) is 0.575. The molecular formula is C14H22N2O. The maximum atomic E-state index is 8.97. The molecule has 0 saturated carbocycles. The first-order chi connectivity index (χ1) is 7.90. The van der Waals surface area contributed by atoms with Crippen molar-refractivity contribution in [3.8, 4) is 11.8 Å². The molecule has 0 aliphatic rings. The number of hydrogen-bond donors (Lipinski definition) is 0. The van der Waals surface area contributed by atoms with E-state index in [1.165, 1.54) is 0 Å². The topological polar surface area (TPSA) is 45.9 Å². The van der Waals surface area contributed by atoms with Crippen LogP contribution in [0.3, 0.4) is 0 Å². The van der Waals surface area contributed by atoms with Crippen molar-refractivity contribution in [1.29, 1.82) is 5.26 Å². The maximum Gasteiger partial charge on any atom is 0.183 e. The Bertz CT molecular complexity index is 411. The van der Waals surface area contributed by atoms with E-state index >= 15 is 0 Å². The molecule has 0 atom stereocenters. The number of hydrogen-bond acceptors (Lipinski definition) is 3. The third-order valence-corrected chi connectivity index (χ3v) is 2.24. The third kappa shape index (κ3) is 3.74. The van der Waals surface area contributed by atoms with Gasteiger partial charge >= 0.3 is 0 Å². The van der Waals surface area contributed by atoms with E-state index in [1.54, 1.807) is 7.11 Å². The zero-order valence-electron chi connectivity index (χ0n) is 11.9. The molecule has 0 N–H and O–H groups in total. The Kier molecular flexibility index (Phi) is 5.67. The minimum atomic E-state index is -0.0529. The molecule has 0 aliphatic carbocycles. The second kappa shape index (κ2) is 6.24. The van der Waals surface area contributed by atoms with Crippen molar-refractivity contribution < 1.29 is 4.74 Å².